The Morgan fingerprint density at radius 2 is 1.77 bits per heavy atom. The number of likely N-dealkylation sites (tertiary alicyclic amines) is 1. The fourth-order valence-electron chi connectivity index (χ4n) is 3.32. The van der Waals surface area contributed by atoms with Gasteiger partial charge in [-0.15, -0.1) is 0 Å². The maximum Gasteiger partial charge on any atom is 0.317 e. The van der Waals surface area contributed by atoms with Crippen molar-refractivity contribution in [3.63, 3.8) is 0 Å². The van der Waals surface area contributed by atoms with Gasteiger partial charge in [0.1, 0.15) is 0 Å². The molecule has 2 aromatic carbocycles. The first-order chi connectivity index (χ1) is 12.5. The number of amides is 2. The van der Waals surface area contributed by atoms with Crippen molar-refractivity contribution >= 4 is 27.7 Å². The van der Waals surface area contributed by atoms with E-state index in [2.05, 4.69) is 21.2 Å². The molecule has 0 aromatic heterocycles. The van der Waals surface area contributed by atoms with Crippen molar-refractivity contribution in [2.24, 2.45) is 5.92 Å². The first-order valence-electron chi connectivity index (χ1n) is 8.95. The standard InChI is InChI=1S/C21H23BrN2O2/c1-15(18-8-5-9-19(22)14-18)23-21(26)24-12-10-17(11-13-24)20(25)16-6-3-2-4-7-16/h2-9,14-15,17H,10-13H2,1H3,(H,23,26). The molecule has 1 saturated heterocycles. The van der Waals surface area contributed by atoms with Gasteiger partial charge in [-0.25, -0.2) is 4.79 Å². The van der Waals surface area contributed by atoms with Gasteiger partial charge in [-0.2, -0.15) is 0 Å². The van der Waals surface area contributed by atoms with Crippen LogP contribution in [0, 0.1) is 5.92 Å². The van der Waals surface area contributed by atoms with Crippen molar-refractivity contribution in [3.05, 3.63) is 70.2 Å². The maximum absolute atomic E-state index is 12.5. The first-order valence-corrected chi connectivity index (χ1v) is 9.74. The fourth-order valence-corrected chi connectivity index (χ4v) is 3.74. The van der Waals surface area contributed by atoms with Crippen LogP contribution in [0.5, 0.6) is 0 Å². The van der Waals surface area contributed by atoms with Crippen LogP contribution in [0.3, 0.4) is 0 Å². The molecular weight excluding hydrogens is 392 g/mol. The summed E-state index contributed by atoms with van der Waals surface area (Å²) in [5, 5.41) is 3.05. The lowest BCUT2D eigenvalue weighted by molar-refractivity contribution is 0.0853. The van der Waals surface area contributed by atoms with Crippen LogP contribution < -0.4 is 5.32 Å². The number of nitrogens with one attached hydrogen (secondary N) is 1. The molecule has 0 radical (unpaired) electrons. The summed E-state index contributed by atoms with van der Waals surface area (Å²) in [6.07, 6.45) is 1.43. The minimum Gasteiger partial charge on any atom is -0.331 e. The van der Waals surface area contributed by atoms with E-state index in [1.807, 2.05) is 66.4 Å². The van der Waals surface area contributed by atoms with E-state index in [0.29, 0.717) is 25.9 Å². The van der Waals surface area contributed by atoms with Crippen molar-refractivity contribution in [1.29, 1.82) is 0 Å². The lowest BCUT2D eigenvalue weighted by atomic mass is 9.89. The third kappa shape index (κ3) is 4.52. The summed E-state index contributed by atoms with van der Waals surface area (Å²) in [4.78, 5) is 26.9. The number of carbonyl (C=O) groups is 2. The quantitative estimate of drug-likeness (QED) is 0.729. The molecule has 1 aliphatic rings. The van der Waals surface area contributed by atoms with Crippen LogP contribution in [-0.4, -0.2) is 29.8 Å². The number of urea groups is 1. The second kappa shape index (κ2) is 8.49. The number of benzene rings is 2. The lowest BCUT2D eigenvalue weighted by Gasteiger charge is -2.32. The van der Waals surface area contributed by atoms with Gasteiger partial charge in [-0.3, -0.25) is 4.79 Å². The molecule has 26 heavy (non-hydrogen) atoms. The SMILES string of the molecule is CC(NC(=O)N1CCC(C(=O)c2ccccc2)CC1)c1cccc(Br)c1. The van der Waals surface area contributed by atoms with Crippen LogP contribution in [0.1, 0.15) is 41.7 Å². The Bertz CT molecular complexity index is 771. The molecule has 1 heterocycles. The predicted octanol–water partition coefficient (Wildman–Crippen LogP) is 4.81. The summed E-state index contributed by atoms with van der Waals surface area (Å²) in [7, 11) is 0. The highest BCUT2D eigenvalue weighted by atomic mass is 79.9. The van der Waals surface area contributed by atoms with Crippen molar-refractivity contribution in [1.82, 2.24) is 10.2 Å². The van der Waals surface area contributed by atoms with Crippen molar-refractivity contribution < 1.29 is 9.59 Å². The summed E-state index contributed by atoms with van der Waals surface area (Å²) in [5.74, 6) is 0.192. The average molecular weight is 415 g/mol. The highest BCUT2D eigenvalue weighted by Crippen LogP contribution is 2.23. The van der Waals surface area contributed by atoms with Gasteiger partial charge in [0.2, 0.25) is 0 Å². The smallest absolute Gasteiger partial charge is 0.317 e. The summed E-state index contributed by atoms with van der Waals surface area (Å²) < 4.78 is 0.997. The monoisotopic (exact) mass is 414 g/mol. The van der Waals surface area contributed by atoms with E-state index in [4.69, 9.17) is 0 Å². The Morgan fingerprint density at radius 3 is 2.42 bits per heavy atom. The number of hydrogen-bond acceptors (Lipinski definition) is 2. The predicted molar refractivity (Wildman–Crippen MR) is 106 cm³/mol. The van der Waals surface area contributed by atoms with Crippen LogP contribution in [0.25, 0.3) is 0 Å². The van der Waals surface area contributed by atoms with Gasteiger partial charge in [-0.1, -0.05) is 58.4 Å². The molecular formula is C21H23BrN2O2. The summed E-state index contributed by atoms with van der Waals surface area (Å²) in [6, 6.07) is 17.2. The molecule has 2 amide bonds. The third-order valence-corrected chi connectivity index (χ3v) is 5.39. The van der Waals surface area contributed by atoms with Crippen LogP contribution in [0.15, 0.2) is 59.1 Å². The Labute approximate surface area is 162 Å². The van der Waals surface area contributed by atoms with Gasteiger partial charge < -0.3 is 10.2 Å². The van der Waals surface area contributed by atoms with Crippen LogP contribution >= 0.6 is 15.9 Å². The Kier molecular flexibility index (Phi) is 6.09. The second-order valence-electron chi connectivity index (χ2n) is 6.72. The highest BCUT2D eigenvalue weighted by Gasteiger charge is 2.28. The van der Waals surface area contributed by atoms with Crippen LogP contribution in [0.2, 0.25) is 0 Å². The topological polar surface area (TPSA) is 49.4 Å². The Hall–Kier alpha value is -2.14. The van der Waals surface area contributed by atoms with E-state index < -0.39 is 0 Å². The van der Waals surface area contributed by atoms with Gasteiger partial charge in [-0.05, 0) is 37.5 Å². The summed E-state index contributed by atoms with van der Waals surface area (Å²) in [6.45, 7) is 3.20. The number of halogens is 1. The number of carbonyl (C=O) groups excluding carboxylic acids is 2. The van der Waals surface area contributed by atoms with Gasteiger partial charge in [0.25, 0.3) is 0 Å². The molecule has 1 aliphatic heterocycles. The second-order valence-corrected chi connectivity index (χ2v) is 7.63. The largest absolute Gasteiger partial charge is 0.331 e. The molecule has 0 saturated carbocycles. The molecule has 1 fully saturated rings. The third-order valence-electron chi connectivity index (χ3n) is 4.90. The fraction of sp³-hybridized carbons (Fsp3) is 0.333. The Morgan fingerprint density at radius 1 is 1.08 bits per heavy atom. The van der Waals surface area contributed by atoms with E-state index in [0.717, 1.165) is 15.6 Å². The van der Waals surface area contributed by atoms with Crippen LogP contribution in [-0.2, 0) is 0 Å². The molecule has 2 aromatic rings. The van der Waals surface area contributed by atoms with E-state index in [1.165, 1.54) is 0 Å². The maximum atomic E-state index is 12.5. The molecule has 4 nitrogen and oxygen atoms in total. The molecule has 0 spiro atoms. The number of rotatable bonds is 4. The van der Waals surface area contributed by atoms with Crippen molar-refractivity contribution in [2.45, 2.75) is 25.8 Å². The van der Waals surface area contributed by atoms with E-state index >= 15 is 0 Å². The van der Waals surface area contributed by atoms with Crippen LogP contribution in [0.4, 0.5) is 4.79 Å². The van der Waals surface area contributed by atoms with Gasteiger partial charge in [0, 0.05) is 29.0 Å². The van der Waals surface area contributed by atoms with Crippen molar-refractivity contribution in [2.75, 3.05) is 13.1 Å². The number of nitrogens with zero attached hydrogens (tertiary/aromatic N) is 1. The minimum absolute atomic E-state index is 0.00366. The summed E-state index contributed by atoms with van der Waals surface area (Å²) >= 11 is 3.46. The first kappa shape index (κ1) is 18.6. The number of ketones is 1. The zero-order valence-electron chi connectivity index (χ0n) is 14.8. The molecule has 0 bridgehead atoms. The van der Waals surface area contributed by atoms with E-state index in [-0.39, 0.29) is 23.8 Å². The zero-order chi connectivity index (χ0) is 18.5. The Balaban J connectivity index is 1.53. The van der Waals surface area contributed by atoms with Gasteiger partial charge in [0.05, 0.1) is 6.04 Å². The average Bonchev–Trinajstić information content (AvgIpc) is 2.68. The molecule has 5 heteroatoms. The van der Waals surface area contributed by atoms with E-state index in [9.17, 15) is 9.59 Å². The molecule has 136 valence electrons. The lowest BCUT2D eigenvalue weighted by Crippen LogP contribution is -2.46. The number of hydrogen-bond donors (Lipinski definition) is 1. The molecule has 1 atom stereocenters. The molecule has 0 aliphatic carbocycles. The highest BCUT2D eigenvalue weighted by molar-refractivity contribution is 9.10. The number of piperidine rings is 1. The normalized spacial score (nSPS) is 16.2. The minimum atomic E-state index is -0.0666. The van der Waals surface area contributed by atoms with Gasteiger partial charge >= 0.3 is 6.03 Å². The van der Waals surface area contributed by atoms with Crippen molar-refractivity contribution in [3.8, 4) is 0 Å². The molecule has 1 unspecified atom stereocenters. The number of Topliss-reactive ketones (excluding diaryl/α,β-unsaturated/α-hetero) is 1. The van der Waals surface area contributed by atoms with Gasteiger partial charge in [0.15, 0.2) is 5.78 Å². The molecule has 1 N–H and O–H groups in total. The summed E-state index contributed by atoms with van der Waals surface area (Å²) in [5.41, 5.74) is 1.82. The van der Waals surface area contributed by atoms with E-state index in [1.54, 1.807) is 0 Å². The molecule has 3 rings (SSSR count). The zero-order valence-corrected chi connectivity index (χ0v) is 16.4.